The maximum atomic E-state index is 12.7. The molecule has 5 nitrogen and oxygen atoms in total. The smallest absolute Gasteiger partial charge is 0.273 e. The molecule has 0 saturated carbocycles. The molecule has 2 aromatic carbocycles. The minimum absolute atomic E-state index is 0.205. The summed E-state index contributed by atoms with van der Waals surface area (Å²) in [6.07, 6.45) is 1.33. The highest BCUT2D eigenvalue weighted by Crippen LogP contribution is 2.27. The number of barbiturate groups is 1. The van der Waals surface area contributed by atoms with Gasteiger partial charge in [-0.25, -0.2) is 9.69 Å². The molecule has 126 valence electrons. The minimum atomic E-state index is -0.813. The number of benzene rings is 2. The van der Waals surface area contributed by atoms with Crippen molar-refractivity contribution in [2.75, 3.05) is 4.90 Å². The van der Waals surface area contributed by atoms with Crippen LogP contribution in [-0.2, 0) is 9.59 Å². The zero-order chi connectivity index (χ0) is 18.1. The quantitative estimate of drug-likeness (QED) is 0.556. The Morgan fingerprint density at radius 2 is 1.80 bits per heavy atom. The molecular weight excluding hydrogens is 431 g/mol. The van der Waals surface area contributed by atoms with E-state index in [-0.39, 0.29) is 10.6 Å². The van der Waals surface area contributed by atoms with Crippen LogP contribution in [0.1, 0.15) is 5.56 Å². The Kier molecular flexibility index (Phi) is 4.94. The lowest BCUT2D eigenvalue weighted by Gasteiger charge is -2.26. The molecule has 8 heteroatoms. The molecule has 1 aliphatic rings. The number of carbonyl (C=O) groups excluding carboxylic acids is 3. The van der Waals surface area contributed by atoms with E-state index in [1.165, 1.54) is 12.1 Å². The molecule has 1 saturated heterocycles. The summed E-state index contributed by atoms with van der Waals surface area (Å²) in [4.78, 5) is 37.9. The summed E-state index contributed by atoms with van der Waals surface area (Å²) in [5.74, 6) is -1.52. The summed E-state index contributed by atoms with van der Waals surface area (Å²) >= 11 is 15.2. The number of amides is 4. The number of rotatable bonds is 2. The first-order valence-corrected chi connectivity index (χ1v) is 8.54. The standard InChI is InChI=1S/C17H9BrCl2N2O3/c18-10-2-1-3-12(7-10)22-16(24)13(15(23)21-17(22)25)6-9-4-5-11(19)8-14(9)20/h1-8H,(H,21,23,25). The Bertz CT molecular complexity index is 943. The molecule has 4 amide bonds. The minimum Gasteiger partial charge on any atom is -0.273 e. The second-order valence-corrected chi connectivity index (χ2v) is 6.86. The Hall–Kier alpha value is -2.15. The summed E-state index contributed by atoms with van der Waals surface area (Å²) in [7, 11) is 0. The van der Waals surface area contributed by atoms with Crippen molar-refractivity contribution in [2.45, 2.75) is 0 Å². The van der Waals surface area contributed by atoms with Crippen molar-refractivity contribution in [3.63, 3.8) is 0 Å². The number of nitrogens with one attached hydrogen (secondary N) is 1. The lowest BCUT2D eigenvalue weighted by Crippen LogP contribution is -2.54. The average molecular weight is 440 g/mol. The van der Waals surface area contributed by atoms with E-state index in [9.17, 15) is 14.4 Å². The molecule has 0 radical (unpaired) electrons. The average Bonchev–Trinajstić information content (AvgIpc) is 2.53. The number of imide groups is 2. The Morgan fingerprint density at radius 3 is 2.48 bits per heavy atom. The first-order chi connectivity index (χ1) is 11.9. The number of anilines is 1. The van der Waals surface area contributed by atoms with Gasteiger partial charge in [0.05, 0.1) is 5.69 Å². The zero-order valence-corrected chi connectivity index (χ0v) is 15.5. The number of halogens is 3. The zero-order valence-electron chi connectivity index (χ0n) is 12.4. The summed E-state index contributed by atoms with van der Waals surface area (Å²) in [6, 6.07) is 10.5. The maximum absolute atomic E-state index is 12.7. The third kappa shape index (κ3) is 3.61. The normalized spacial score (nSPS) is 16.4. The molecule has 1 fully saturated rings. The van der Waals surface area contributed by atoms with Gasteiger partial charge in [0.25, 0.3) is 11.8 Å². The van der Waals surface area contributed by atoms with Gasteiger partial charge in [0, 0.05) is 14.5 Å². The molecule has 3 rings (SSSR count). The fraction of sp³-hybridized carbons (Fsp3) is 0. The fourth-order valence-electron chi connectivity index (χ4n) is 2.28. The van der Waals surface area contributed by atoms with Crippen LogP contribution in [0.5, 0.6) is 0 Å². The molecule has 0 bridgehead atoms. The van der Waals surface area contributed by atoms with Gasteiger partial charge in [-0.1, -0.05) is 51.3 Å². The Morgan fingerprint density at radius 1 is 1.04 bits per heavy atom. The summed E-state index contributed by atoms with van der Waals surface area (Å²) in [6.45, 7) is 0. The van der Waals surface area contributed by atoms with Crippen molar-refractivity contribution in [1.29, 1.82) is 0 Å². The number of hydrogen-bond donors (Lipinski definition) is 1. The molecule has 0 spiro atoms. The highest BCUT2D eigenvalue weighted by atomic mass is 79.9. The first-order valence-electron chi connectivity index (χ1n) is 6.99. The molecule has 0 aromatic heterocycles. The number of carbonyl (C=O) groups is 3. The number of urea groups is 1. The molecular formula is C17H9BrCl2N2O3. The molecule has 0 atom stereocenters. The van der Waals surface area contributed by atoms with Crippen molar-refractivity contribution in [3.05, 3.63) is 68.1 Å². The molecule has 25 heavy (non-hydrogen) atoms. The molecule has 1 N–H and O–H groups in total. The monoisotopic (exact) mass is 438 g/mol. The summed E-state index contributed by atoms with van der Waals surface area (Å²) < 4.78 is 0.689. The van der Waals surface area contributed by atoms with E-state index in [4.69, 9.17) is 23.2 Å². The largest absolute Gasteiger partial charge is 0.335 e. The van der Waals surface area contributed by atoms with E-state index in [0.29, 0.717) is 20.7 Å². The Labute approximate surface area is 161 Å². The van der Waals surface area contributed by atoms with Crippen LogP contribution in [0.25, 0.3) is 6.08 Å². The van der Waals surface area contributed by atoms with Gasteiger partial charge in [-0.3, -0.25) is 14.9 Å². The number of hydrogen-bond acceptors (Lipinski definition) is 3. The van der Waals surface area contributed by atoms with Crippen LogP contribution in [0.2, 0.25) is 10.0 Å². The van der Waals surface area contributed by atoms with Gasteiger partial charge >= 0.3 is 6.03 Å². The molecule has 1 heterocycles. The van der Waals surface area contributed by atoms with Crippen LogP contribution in [0.15, 0.2) is 52.5 Å². The topological polar surface area (TPSA) is 66.5 Å². The molecule has 1 aliphatic heterocycles. The molecule has 0 unspecified atom stereocenters. The van der Waals surface area contributed by atoms with E-state index >= 15 is 0 Å². The van der Waals surface area contributed by atoms with Crippen molar-refractivity contribution in [2.24, 2.45) is 0 Å². The van der Waals surface area contributed by atoms with Gasteiger partial charge in [-0.2, -0.15) is 0 Å². The van der Waals surface area contributed by atoms with Crippen LogP contribution in [0.3, 0.4) is 0 Å². The van der Waals surface area contributed by atoms with Crippen LogP contribution in [-0.4, -0.2) is 17.8 Å². The number of nitrogens with zero attached hydrogens (tertiary/aromatic N) is 1. The van der Waals surface area contributed by atoms with E-state index in [1.54, 1.807) is 36.4 Å². The van der Waals surface area contributed by atoms with Crippen molar-refractivity contribution < 1.29 is 14.4 Å². The van der Waals surface area contributed by atoms with Crippen LogP contribution in [0, 0.1) is 0 Å². The lowest BCUT2D eigenvalue weighted by molar-refractivity contribution is -0.122. The lowest BCUT2D eigenvalue weighted by atomic mass is 10.1. The van der Waals surface area contributed by atoms with Gasteiger partial charge in [-0.15, -0.1) is 0 Å². The predicted molar refractivity (Wildman–Crippen MR) is 99.6 cm³/mol. The van der Waals surface area contributed by atoms with Gasteiger partial charge in [0.1, 0.15) is 5.57 Å². The Balaban J connectivity index is 2.05. The maximum Gasteiger partial charge on any atom is 0.335 e. The first kappa shape index (κ1) is 17.7. The van der Waals surface area contributed by atoms with Crippen molar-refractivity contribution in [3.8, 4) is 0 Å². The highest BCUT2D eigenvalue weighted by Gasteiger charge is 2.36. The van der Waals surface area contributed by atoms with E-state index in [0.717, 1.165) is 4.90 Å². The predicted octanol–water partition coefficient (Wildman–Crippen LogP) is 4.42. The van der Waals surface area contributed by atoms with Gasteiger partial charge in [0.15, 0.2) is 0 Å². The van der Waals surface area contributed by atoms with Gasteiger partial charge < -0.3 is 0 Å². The second-order valence-electron chi connectivity index (χ2n) is 5.10. The third-order valence-electron chi connectivity index (χ3n) is 3.43. The van der Waals surface area contributed by atoms with Crippen molar-refractivity contribution in [1.82, 2.24) is 5.32 Å². The highest BCUT2D eigenvalue weighted by molar-refractivity contribution is 9.10. The summed E-state index contributed by atoms with van der Waals surface area (Å²) in [5.41, 5.74) is 0.564. The second kappa shape index (κ2) is 7.00. The molecule has 0 aliphatic carbocycles. The SMILES string of the molecule is O=C1NC(=O)N(c2cccc(Br)c2)C(=O)C1=Cc1ccc(Cl)cc1Cl. The molecule has 2 aromatic rings. The van der Waals surface area contributed by atoms with Crippen LogP contribution in [0.4, 0.5) is 10.5 Å². The van der Waals surface area contributed by atoms with E-state index in [1.807, 2.05) is 0 Å². The summed E-state index contributed by atoms with van der Waals surface area (Å²) in [5, 5.41) is 2.87. The van der Waals surface area contributed by atoms with Crippen LogP contribution >= 0.6 is 39.1 Å². The van der Waals surface area contributed by atoms with E-state index in [2.05, 4.69) is 21.2 Å². The van der Waals surface area contributed by atoms with E-state index < -0.39 is 17.8 Å². The van der Waals surface area contributed by atoms with Gasteiger partial charge in [0.2, 0.25) is 0 Å². The van der Waals surface area contributed by atoms with Crippen molar-refractivity contribution >= 4 is 68.7 Å². The third-order valence-corrected chi connectivity index (χ3v) is 4.49. The fourth-order valence-corrected chi connectivity index (χ4v) is 3.13. The van der Waals surface area contributed by atoms with Gasteiger partial charge in [-0.05, 0) is 42.0 Å². The van der Waals surface area contributed by atoms with Crippen LogP contribution < -0.4 is 10.2 Å².